The van der Waals surface area contributed by atoms with Crippen molar-refractivity contribution in [2.45, 2.75) is 32.0 Å². The molecule has 1 amide bonds. The Morgan fingerprint density at radius 3 is 2.88 bits per heavy atom. The highest BCUT2D eigenvalue weighted by Crippen LogP contribution is 2.25. The number of fused-ring (bicyclic) bond motifs is 3. The predicted molar refractivity (Wildman–Crippen MR) is 127 cm³/mol. The van der Waals surface area contributed by atoms with Crippen LogP contribution in [0.4, 0.5) is 0 Å². The molecule has 9 nitrogen and oxygen atoms in total. The number of thiophene rings is 1. The van der Waals surface area contributed by atoms with E-state index in [1.165, 1.54) is 23.1 Å². The highest BCUT2D eigenvalue weighted by Gasteiger charge is 2.20. The Labute approximate surface area is 197 Å². The Hall–Kier alpha value is -3.31. The first-order chi connectivity index (χ1) is 16.1. The Morgan fingerprint density at radius 1 is 1.18 bits per heavy atom. The van der Waals surface area contributed by atoms with Crippen molar-refractivity contribution in [3.63, 3.8) is 0 Å². The third-order valence-corrected chi connectivity index (χ3v) is 6.72. The molecule has 1 aromatic carbocycles. The van der Waals surface area contributed by atoms with Crippen LogP contribution in [0.3, 0.4) is 0 Å². The van der Waals surface area contributed by atoms with Crippen LogP contribution < -0.4 is 0 Å². The maximum absolute atomic E-state index is 13.1. The zero-order valence-electron chi connectivity index (χ0n) is 18.1. The highest BCUT2D eigenvalue weighted by molar-refractivity contribution is 7.99. The van der Waals surface area contributed by atoms with Gasteiger partial charge in [0.15, 0.2) is 10.8 Å². The van der Waals surface area contributed by atoms with Crippen molar-refractivity contribution in [2.75, 3.05) is 12.3 Å². The van der Waals surface area contributed by atoms with Crippen LogP contribution in [-0.4, -0.2) is 52.9 Å². The number of rotatable bonds is 8. The molecule has 11 heteroatoms. The number of benzene rings is 1. The van der Waals surface area contributed by atoms with E-state index in [-0.39, 0.29) is 18.2 Å². The summed E-state index contributed by atoms with van der Waals surface area (Å²) < 4.78 is 7.49. The van der Waals surface area contributed by atoms with E-state index >= 15 is 0 Å². The number of nitrogens with zero attached hydrogens (tertiary/aromatic N) is 7. The van der Waals surface area contributed by atoms with Gasteiger partial charge in [0.1, 0.15) is 5.82 Å². The molecule has 0 radical (unpaired) electrons. The molecule has 0 aliphatic heterocycles. The molecule has 0 unspecified atom stereocenters. The topological polar surface area (TPSA) is 102 Å². The van der Waals surface area contributed by atoms with Gasteiger partial charge in [-0.1, -0.05) is 36.9 Å². The fraction of sp³-hybridized carbons (Fsp3) is 0.273. The number of hydrogen-bond donors (Lipinski definition) is 0. The number of carbonyl (C=O) groups excluding carboxylic acids is 1. The average molecular weight is 480 g/mol. The van der Waals surface area contributed by atoms with Crippen molar-refractivity contribution in [3.8, 4) is 10.8 Å². The van der Waals surface area contributed by atoms with Gasteiger partial charge >= 0.3 is 0 Å². The van der Waals surface area contributed by atoms with Crippen LogP contribution in [0.25, 0.3) is 27.3 Å². The lowest BCUT2D eigenvalue weighted by Crippen LogP contribution is -2.33. The lowest BCUT2D eigenvalue weighted by atomic mass is 10.2. The molecule has 4 heterocycles. The molecule has 0 N–H and O–H groups in total. The molecule has 0 spiro atoms. The maximum atomic E-state index is 13.1. The number of aromatic nitrogens is 6. The summed E-state index contributed by atoms with van der Waals surface area (Å²) in [6.07, 6.45) is 0.822. The van der Waals surface area contributed by atoms with Crippen molar-refractivity contribution < 1.29 is 9.21 Å². The van der Waals surface area contributed by atoms with E-state index in [9.17, 15) is 4.79 Å². The number of para-hydroxylation sites is 1. The zero-order valence-corrected chi connectivity index (χ0v) is 19.8. The summed E-state index contributed by atoms with van der Waals surface area (Å²) in [5.74, 6) is 1.74. The molecule has 0 bridgehead atoms. The third kappa shape index (κ3) is 4.46. The molecule has 4 aromatic heterocycles. The summed E-state index contributed by atoms with van der Waals surface area (Å²) in [4.78, 5) is 25.0. The molecule has 168 valence electrons. The van der Waals surface area contributed by atoms with Gasteiger partial charge in [0, 0.05) is 11.9 Å². The number of carbonyl (C=O) groups is 1. The number of hydrogen-bond acceptors (Lipinski definition) is 9. The quantitative estimate of drug-likeness (QED) is 0.241. The molecular formula is C22H21N7O2S2. The Balaban J connectivity index is 1.34. The van der Waals surface area contributed by atoms with E-state index in [0.717, 1.165) is 27.8 Å². The number of aryl methyl sites for hydroxylation is 1. The minimum Gasteiger partial charge on any atom is -0.418 e. The summed E-state index contributed by atoms with van der Waals surface area (Å²) in [5.41, 5.74) is 1.56. The van der Waals surface area contributed by atoms with Gasteiger partial charge in [0.2, 0.25) is 11.8 Å². The molecule has 5 rings (SSSR count). The van der Waals surface area contributed by atoms with E-state index in [0.29, 0.717) is 29.3 Å². The van der Waals surface area contributed by atoms with Gasteiger partial charge < -0.3 is 9.32 Å². The maximum Gasteiger partial charge on any atom is 0.257 e. The van der Waals surface area contributed by atoms with Gasteiger partial charge in [-0.05, 0) is 36.9 Å². The summed E-state index contributed by atoms with van der Waals surface area (Å²) in [6.45, 7) is 4.75. The first-order valence-corrected chi connectivity index (χ1v) is 12.4. The molecule has 0 saturated carbocycles. The molecule has 0 fully saturated rings. The van der Waals surface area contributed by atoms with Crippen molar-refractivity contribution >= 4 is 45.6 Å². The van der Waals surface area contributed by atoms with Crippen LogP contribution in [0, 0.1) is 6.92 Å². The van der Waals surface area contributed by atoms with E-state index in [1.807, 2.05) is 55.6 Å². The monoisotopic (exact) mass is 479 g/mol. The third-order valence-electron chi connectivity index (χ3n) is 4.95. The minimum absolute atomic E-state index is 0.0299. The summed E-state index contributed by atoms with van der Waals surface area (Å²) >= 11 is 2.88. The summed E-state index contributed by atoms with van der Waals surface area (Å²) in [6, 6.07) is 11.7. The summed E-state index contributed by atoms with van der Waals surface area (Å²) in [7, 11) is 0. The predicted octanol–water partition coefficient (Wildman–Crippen LogP) is 4.23. The molecule has 5 aromatic rings. The van der Waals surface area contributed by atoms with Crippen molar-refractivity contribution in [1.82, 2.24) is 34.7 Å². The molecule has 0 saturated heterocycles. The van der Waals surface area contributed by atoms with E-state index < -0.39 is 0 Å². The van der Waals surface area contributed by atoms with Crippen molar-refractivity contribution in [3.05, 3.63) is 53.5 Å². The largest absolute Gasteiger partial charge is 0.418 e. The second-order valence-corrected chi connectivity index (χ2v) is 9.28. The first kappa shape index (κ1) is 21.5. The second kappa shape index (κ2) is 9.28. The van der Waals surface area contributed by atoms with Crippen LogP contribution in [0.15, 0.2) is 51.4 Å². The van der Waals surface area contributed by atoms with E-state index in [1.54, 1.807) is 9.42 Å². The highest BCUT2D eigenvalue weighted by atomic mass is 32.2. The molecule has 33 heavy (non-hydrogen) atoms. The van der Waals surface area contributed by atoms with E-state index in [4.69, 9.17) is 9.40 Å². The van der Waals surface area contributed by atoms with Crippen LogP contribution in [0.2, 0.25) is 0 Å². The van der Waals surface area contributed by atoms with Gasteiger partial charge in [0.25, 0.3) is 5.89 Å². The molecule has 0 aliphatic carbocycles. The second-order valence-electron chi connectivity index (χ2n) is 7.39. The van der Waals surface area contributed by atoms with Crippen LogP contribution in [0.1, 0.15) is 25.1 Å². The lowest BCUT2D eigenvalue weighted by molar-refractivity contribution is -0.129. The van der Waals surface area contributed by atoms with Gasteiger partial charge in [-0.15, -0.1) is 26.6 Å². The van der Waals surface area contributed by atoms with Crippen LogP contribution >= 0.6 is 23.1 Å². The number of thioether (sulfide) groups is 1. The standard InChI is InChI=1S/C22H21N7O2S2/c1-3-10-28(12-18-25-26-21(31-18)17-9-6-11-32-17)19(30)13-33-22-24-16-8-5-4-7-15(16)20-23-14(2)27-29(20)22/h4-9,11H,3,10,12-13H2,1-2H3. The zero-order chi connectivity index (χ0) is 22.8. The first-order valence-electron chi connectivity index (χ1n) is 10.5. The molecule has 0 atom stereocenters. The van der Waals surface area contributed by atoms with Gasteiger partial charge in [-0.25, -0.2) is 9.97 Å². The fourth-order valence-corrected chi connectivity index (χ4v) is 4.98. The van der Waals surface area contributed by atoms with Crippen LogP contribution in [-0.2, 0) is 11.3 Å². The Morgan fingerprint density at radius 2 is 2.06 bits per heavy atom. The minimum atomic E-state index is -0.0299. The Kier molecular flexibility index (Phi) is 6.05. The van der Waals surface area contributed by atoms with Crippen LogP contribution in [0.5, 0.6) is 0 Å². The smallest absolute Gasteiger partial charge is 0.257 e. The number of amides is 1. The normalized spacial score (nSPS) is 11.5. The molecule has 0 aliphatic rings. The average Bonchev–Trinajstić information content (AvgIpc) is 3.57. The molecular weight excluding hydrogens is 458 g/mol. The van der Waals surface area contributed by atoms with Gasteiger partial charge in [-0.3, -0.25) is 4.79 Å². The van der Waals surface area contributed by atoms with Crippen molar-refractivity contribution in [2.24, 2.45) is 0 Å². The Bertz CT molecular complexity index is 1410. The van der Waals surface area contributed by atoms with Crippen molar-refractivity contribution in [1.29, 1.82) is 0 Å². The SMILES string of the molecule is CCCN(Cc1nnc(-c2cccs2)o1)C(=O)CSc1nc2ccccc2c2nc(C)nn12. The fourth-order valence-electron chi connectivity index (χ4n) is 3.49. The van der Waals surface area contributed by atoms with E-state index in [2.05, 4.69) is 20.3 Å². The summed E-state index contributed by atoms with van der Waals surface area (Å²) in [5, 5.41) is 16.2. The van der Waals surface area contributed by atoms with Gasteiger partial charge in [-0.2, -0.15) is 4.52 Å². The lowest BCUT2D eigenvalue weighted by Gasteiger charge is -2.20. The van der Waals surface area contributed by atoms with Gasteiger partial charge in [0.05, 0.1) is 22.7 Å².